The second kappa shape index (κ2) is 12.9. The highest BCUT2D eigenvalue weighted by molar-refractivity contribution is 7.90. The minimum absolute atomic E-state index is 0.0527. The van der Waals surface area contributed by atoms with E-state index in [1.165, 1.54) is 5.56 Å². The van der Waals surface area contributed by atoms with Crippen molar-refractivity contribution in [3.8, 4) is 0 Å². The van der Waals surface area contributed by atoms with Crippen molar-refractivity contribution in [3.63, 3.8) is 0 Å². The first-order valence-electron chi connectivity index (χ1n) is 12.5. The van der Waals surface area contributed by atoms with Crippen LogP contribution in [-0.2, 0) is 34.7 Å². The Bertz CT molecular complexity index is 1380. The quantitative estimate of drug-likeness (QED) is 0.189. The monoisotopic (exact) mass is 564 g/mol. The number of carbonyl (C=O) groups excluding carboxylic acids is 2. The molecule has 3 rings (SSSR count). The van der Waals surface area contributed by atoms with Crippen LogP contribution in [0.2, 0.25) is 10.0 Å². The average Bonchev–Trinajstić information content (AvgIpc) is 3.05. The zero-order valence-electron chi connectivity index (χ0n) is 21.5. The molecule has 1 N–H and O–H groups in total. The largest absolute Gasteiger partial charge is 0.347 e. The summed E-state index contributed by atoms with van der Waals surface area (Å²) in [7, 11) is -1.84. The van der Waals surface area contributed by atoms with Gasteiger partial charge in [0, 0.05) is 52.6 Å². The van der Waals surface area contributed by atoms with Crippen molar-refractivity contribution in [2.75, 3.05) is 5.75 Å². The van der Waals surface area contributed by atoms with E-state index in [9.17, 15) is 18.0 Å². The number of sulfonamides is 1. The Morgan fingerprint density at radius 1 is 0.973 bits per heavy atom. The van der Waals surface area contributed by atoms with Gasteiger partial charge >= 0.3 is 0 Å². The van der Waals surface area contributed by atoms with Crippen LogP contribution in [0.15, 0.2) is 42.5 Å². The number of aryl methyl sites for hydroxylation is 2. The van der Waals surface area contributed by atoms with Gasteiger partial charge in [0.2, 0.25) is 15.9 Å². The summed E-state index contributed by atoms with van der Waals surface area (Å²) in [6.07, 6.45) is 5.87. The zero-order valence-corrected chi connectivity index (χ0v) is 23.8. The Balaban J connectivity index is 1.69. The molecule has 0 bridgehead atoms. The summed E-state index contributed by atoms with van der Waals surface area (Å²) >= 11 is 12.3. The minimum Gasteiger partial charge on any atom is -0.347 e. The maximum Gasteiger partial charge on any atom is 0.235 e. The lowest BCUT2D eigenvalue weighted by molar-refractivity contribution is -0.117. The summed E-state index contributed by atoms with van der Waals surface area (Å²) in [6.45, 7) is 2.85. The van der Waals surface area contributed by atoms with Gasteiger partial charge in [-0.2, -0.15) is 0 Å². The molecule has 3 aromatic rings. The van der Waals surface area contributed by atoms with Crippen LogP contribution in [-0.4, -0.2) is 30.4 Å². The molecule has 0 saturated carbocycles. The molecule has 6 nitrogen and oxygen atoms in total. The summed E-state index contributed by atoms with van der Waals surface area (Å²) in [4.78, 5) is 24.7. The lowest BCUT2D eigenvalue weighted by Crippen LogP contribution is -2.33. The third kappa shape index (κ3) is 8.32. The molecule has 1 aromatic heterocycles. The zero-order chi connectivity index (χ0) is 27.2. The first kappa shape index (κ1) is 29.2. The maximum absolute atomic E-state index is 13.5. The van der Waals surface area contributed by atoms with Crippen molar-refractivity contribution in [1.82, 2.24) is 9.29 Å². The van der Waals surface area contributed by atoms with Gasteiger partial charge in [-0.3, -0.25) is 14.3 Å². The number of nitrogens with zero attached hydrogens (tertiary/aromatic N) is 1. The Morgan fingerprint density at radius 2 is 1.65 bits per heavy atom. The van der Waals surface area contributed by atoms with E-state index in [1.54, 1.807) is 19.1 Å². The van der Waals surface area contributed by atoms with Gasteiger partial charge < -0.3 is 4.57 Å². The molecule has 37 heavy (non-hydrogen) atoms. The lowest BCUT2D eigenvalue weighted by Gasteiger charge is -2.13. The van der Waals surface area contributed by atoms with E-state index < -0.39 is 21.8 Å². The molecular weight excluding hydrogens is 531 g/mol. The molecule has 2 aromatic carbocycles. The molecule has 200 valence electrons. The van der Waals surface area contributed by atoms with Crippen LogP contribution in [0.25, 0.3) is 10.9 Å². The van der Waals surface area contributed by atoms with Gasteiger partial charge in [-0.05, 0) is 67.5 Å². The predicted octanol–water partition coefficient (Wildman–Crippen LogP) is 6.51. The smallest absolute Gasteiger partial charge is 0.235 e. The number of unbranched alkanes of at least 4 members (excludes halogenated alkanes) is 3. The first-order valence-corrected chi connectivity index (χ1v) is 14.9. The van der Waals surface area contributed by atoms with E-state index in [-0.39, 0.29) is 18.0 Å². The van der Waals surface area contributed by atoms with E-state index in [0.717, 1.165) is 67.1 Å². The number of aromatic nitrogens is 1. The van der Waals surface area contributed by atoms with Crippen molar-refractivity contribution < 1.29 is 18.0 Å². The van der Waals surface area contributed by atoms with Crippen LogP contribution in [0.1, 0.15) is 67.6 Å². The standard InChI is InChI=1S/C28H34Cl2N2O4S/c1-19(18-37(35,36)31-20(2)33)15-27(34)28-24-17-23(30)13-14-25(24)32(3)26(28)12-7-5-4-6-9-21-10-8-11-22(29)16-21/h8,10-11,13-14,16-17,19H,4-7,9,12,15,18H2,1-3H3,(H,31,33)/t19-/m0/s1. The molecule has 0 aliphatic carbocycles. The highest BCUT2D eigenvalue weighted by atomic mass is 35.5. The molecular formula is C28H34Cl2N2O4S. The summed E-state index contributed by atoms with van der Waals surface area (Å²) in [5.74, 6) is -1.52. The molecule has 0 spiro atoms. The number of nitrogens with one attached hydrogen (secondary N) is 1. The normalized spacial score (nSPS) is 12.6. The molecule has 0 saturated heterocycles. The number of hydrogen-bond donors (Lipinski definition) is 1. The van der Waals surface area contributed by atoms with Crippen molar-refractivity contribution in [2.24, 2.45) is 13.0 Å². The van der Waals surface area contributed by atoms with Crippen LogP contribution in [0, 0.1) is 5.92 Å². The van der Waals surface area contributed by atoms with Gasteiger partial charge in [-0.1, -0.05) is 55.1 Å². The van der Waals surface area contributed by atoms with Crippen LogP contribution >= 0.6 is 23.2 Å². The molecule has 0 aliphatic rings. The van der Waals surface area contributed by atoms with Gasteiger partial charge in [-0.25, -0.2) is 8.42 Å². The van der Waals surface area contributed by atoms with Crippen molar-refractivity contribution >= 4 is 55.8 Å². The highest BCUT2D eigenvalue weighted by Crippen LogP contribution is 2.31. The molecule has 0 unspecified atom stereocenters. The van der Waals surface area contributed by atoms with Gasteiger partial charge in [0.25, 0.3) is 0 Å². The number of Topliss-reactive ketones (excluding diaryl/α,β-unsaturated/α-hetero) is 1. The Kier molecular flexibility index (Phi) is 10.2. The van der Waals surface area contributed by atoms with Crippen molar-refractivity contribution in [2.45, 2.75) is 58.8 Å². The molecule has 1 heterocycles. The molecule has 0 fully saturated rings. The van der Waals surface area contributed by atoms with E-state index in [1.807, 2.05) is 40.6 Å². The SMILES string of the molecule is CC(=O)NS(=O)(=O)C[C@@H](C)CC(=O)c1c(CCCCCCc2cccc(Cl)c2)n(C)c2ccc(Cl)cc12. The fourth-order valence-corrected chi connectivity index (χ4v) is 6.63. The van der Waals surface area contributed by atoms with Gasteiger partial charge in [0.1, 0.15) is 0 Å². The van der Waals surface area contributed by atoms with E-state index in [2.05, 4.69) is 6.07 Å². The second-order valence-electron chi connectivity index (χ2n) is 9.76. The van der Waals surface area contributed by atoms with Gasteiger partial charge in [0.15, 0.2) is 5.78 Å². The Hall–Kier alpha value is -2.35. The predicted molar refractivity (Wildman–Crippen MR) is 151 cm³/mol. The van der Waals surface area contributed by atoms with E-state index in [4.69, 9.17) is 23.2 Å². The first-order chi connectivity index (χ1) is 17.5. The summed E-state index contributed by atoms with van der Waals surface area (Å²) in [6, 6.07) is 13.5. The molecule has 9 heteroatoms. The fraction of sp³-hybridized carbons (Fsp3) is 0.429. The second-order valence-corrected chi connectivity index (χ2v) is 12.4. The topological polar surface area (TPSA) is 85.2 Å². The minimum atomic E-state index is -3.79. The van der Waals surface area contributed by atoms with Crippen LogP contribution in [0.5, 0.6) is 0 Å². The maximum atomic E-state index is 13.5. The number of benzene rings is 2. The van der Waals surface area contributed by atoms with Crippen LogP contribution < -0.4 is 4.72 Å². The number of ketones is 1. The molecule has 1 atom stereocenters. The summed E-state index contributed by atoms with van der Waals surface area (Å²) < 4.78 is 28.3. The average molecular weight is 566 g/mol. The summed E-state index contributed by atoms with van der Waals surface area (Å²) in [5.41, 5.74) is 3.71. The number of hydrogen-bond acceptors (Lipinski definition) is 4. The molecule has 0 radical (unpaired) electrons. The Labute approximate surface area is 229 Å². The van der Waals surface area contributed by atoms with Crippen LogP contribution in [0.3, 0.4) is 0 Å². The number of amides is 1. The molecule has 0 aliphatic heterocycles. The van der Waals surface area contributed by atoms with Gasteiger partial charge in [0.05, 0.1) is 5.75 Å². The molecule has 1 amide bonds. The number of fused-ring (bicyclic) bond motifs is 1. The van der Waals surface area contributed by atoms with Crippen molar-refractivity contribution in [1.29, 1.82) is 0 Å². The summed E-state index contributed by atoms with van der Waals surface area (Å²) in [5, 5.41) is 2.08. The van der Waals surface area contributed by atoms with E-state index in [0.29, 0.717) is 10.6 Å². The van der Waals surface area contributed by atoms with Gasteiger partial charge in [-0.15, -0.1) is 0 Å². The number of halogens is 2. The van der Waals surface area contributed by atoms with Crippen molar-refractivity contribution in [3.05, 3.63) is 69.3 Å². The fourth-order valence-electron chi connectivity index (χ4n) is 4.85. The number of rotatable bonds is 13. The number of carbonyl (C=O) groups is 2. The third-order valence-corrected chi connectivity index (χ3v) is 8.49. The lowest BCUT2D eigenvalue weighted by atomic mass is 9.96. The van der Waals surface area contributed by atoms with E-state index >= 15 is 0 Å². The Morgan fingerprint density at radius 3 is 2.32 bits per heavy atom. The third-order valence-electron chi connectivity index (χ3n) is 6.42. The highest BCUT2D eigenvalue weighted by Gasteiger charge is 2.25. The van der Waals surface area contributed by atoms with Crippen LogP contribution in [0.4, 0.5) is 0 Å².